The zero-order valence-corrected chi connectivity index (χ0v) is 14.6. The number of benzene rings is 1. The minimum atomic E-state index is -0.0317. The van der Waals surface area contributed by atoms with Gasteiger partial charge in [-0.05, 0) is 49.4 Å². The number of H-pyrrole nitrogens is 1. The summed E-state index contributed by atoms with van der Waals surface area (Å²) < 4.78 is 10.8. The molecule has 1 aliphatic carbocycles. The van der Waals surface area contributed by atoms with Crippen LogP contribution in [0.1, 0.15) is 36.1 Å². The van der Waals surface area contributed by atoms with E-state index in [0.717, 1.165) is 40.8 Å². The van der Waals surface area contributed by atoms with Crippen LogP contribution in [-0.4, -0.2) is 16.8 Å². The maximum atomic E-state index is 12.8. The number of hydrogen-bond acceptors (Lipinski definition) is 5. The van der Waals surface area contributed by atoms with Crippen molar-refractivity contribution in [1.82, 2.24) is 9.97 Å². The Kier molecular flexibility index (Phi) is 3.52. The molecular weight excluding hydrogens is 336 g/mol. The maximum Gasteiger partial charge on any atom is 0.260 e. The van der Waals surface area contributed by atoms with Crippen molar-refractivity contribution in [2.24, 2.45) is 0 Å². The van der Waals surface area contributed by atoms with Crippen LogP contribution in [0.5, 0.6) is 11.5 Å². The average Bonchev–Trinajstić information content (AvgIpc) is 3.18. The van der Waals surface area contributed by atoms with E-state index in [2.05, 4.69) is 4.98 Å². The molecular formula is C19H18N2O3S. The van der Waals surface area contributed by atoms with Gasteiger partial charge in [0.2, 0.25) is 6.79 Å². The van der Waals surface area contributed by atoms with Gasteiger partial charge in [-0.15, -0.1) is 11.3 Å². The van der Waals surface area contributed by atoms with Gasteiger partial charge in [-0.3, -0.25) is 4.79 Å². The molecule has 1 aromatic carbocycles. The molecule has 5 rings (SSSR count). The number of aromatic amines is 1. The number of aryl methyl sites for hydroxylation is 2. The summed E-state index contributed by atoms with van der Waals surface area (Å²) in [6, 6.07) is 5.63. The maximum absolute atomic E-state index is 12.8. The molecule has 3 heterocycles. The first-order chi connectivity index (χ1) is 12.3. The second-order valence-corrected chi connectivity index (χ2v) is 7.66. The second-order valence-electron chi connectivity index (χ2n) is 6.58. The van der Waals surface area contributed by atoms with Crippen LogP contribution in [0.15, 0.2) is 23.0 Å². The van der Waals surface area contributed by atoms with E-state index < -0.39 is 0 Å². The number of ether oxygens (including phenoxy) is 2. The molecule has 0 amide bonds. The van der Waals surface area contributed by atoms with Crippen LogP contribution in [0, 0.1) is 0 Å². The summed E-state index contributed by atoms with van der Waals surface area (Å²) in [6.45, 7) is 0.236. The lowest BCUT2D eigenvalue weighted by Crippen LogP contribution is -2.10. The highest BCUT2D eigenvalue weighted by Gasteiger charge is 2.20. The Morgan fingerprint density at radius 1 is 1.04 bits per heavy atom. The van der Waals surface area contributed by atoms with Crippen molar-refractivity contribution >= 4 is 21.6 Å². The van der Waals surface area contributed by atoms with Gasteiger partial charge < -0.3 is 14.5 Å². The molecule has 0 bridgehead atoms. The lowest BCUT2D eigenvalue weighted by atomic mass is 9.98. The van der Waals surface area contributed by atoms with Crippen LogP contribution >= 0.6 is 11.3 Å². The SMILES string of the molecule is O=c1[nH]c(-c2ccc3c(c2)OCO3)nc2sc3c(c12)CCCCCC3. The highest BCUT2D eigenvalue weighted by atomic mass is 32.1. The van der Waals surface area contributed by atoms with Gasteiger partial charge in [-0.1, -0.05) is 12.8 Å². The number of hydrogen-bond donors (Lipinski definition) is 1. The van der Waals surface area contributed by atoms with Gasteiger partial charge in [0.1, 0.15) is 10.7 Å². The van der Waals surface area contributed by atoms with E-state index in [4.69, 9.17) is 14.5 Å². The van der Waals surface area contributed by atoms with Gasteiger partial charge in [0.15, 0.2) is 11.5 Å². The van der Waals surface area contributed by atoms with E-state index in [1.54, 1.807) is 11.3 Å². The molecule has 3 aromatic rings. The van der Waals surface area contributed by atoms with E-state index in [0.29, 0.717) is 11.6 Å². The molecule has 25 heavy (non-hydrogen) atoms. The van der Waals surface area contributed by atoms with Crippen LogP contribution in [-0.2, 0) is 12.8 Å². The number of nitrogens with one attached hydrogen (secondary N) is 1. The summed E-state index contributed by atoms with van der Waals surface area (Å²) >= 11 is 1.68. The van der Waals surface area contributed by atoms with Gasteiger partial charge in [-0.25, -0.2) is 4.98 Å². The molecule has 0 fully saturated rings. The smallest absolute Gasteiger partial charge is 0.260 e. The summed E-state index contributed by atoms with van der Waals surface area (Å²) in [5.74, 6) is 2.01. The molecule has 1 aliphatic heterocycles. The highest BCUT2D eigenvalue weighted by Crippen LogP contribution is 2.36. The molecule has 0 atom stereocenters. The molecule has 2 aromatic heterocycles. The van der Waals surface area contributed by atoms with Crippen molar-refractivity contribution < 1.29 is 9.47 Å². The Bertz CT molecular complexity index is 1020. The first kappa shape index (κ1) is 15.0. The van der Waals surface area contributed by atoms with Gasteiger partial charge >= 0.3 is 0 Å². The Labute approximate surface area is 148 Å². The highest BCUT2D eigenvalue weighted by molar-refractivity contribution is 7.18. The van der Waals surface area contributed by atoms with E-state index in [-0.39, 0.29) is 12.4 Å². The zero-order chi connectivity index (χ0) is 16.8. The monoisotopic (exact) mass is 354 g/mol. The van der Waals surface area contributed by atoms with E-state index in [1.165, 1.54) is 29.7 Å². The zero-order valence-electron chi connectivity index (χ0n) is 13.8. The number of fused-ring (bicyclic) bond motifs is 4. The van der Waals surface area contributed by atoms with Crippen molar-refractivity contribution in [1.29, 1.82) is 0 Å². The van der Waals surface area contributed by atoms with Crippen molar-refractivity contribution in [3.8, 4) is 22.9 Å². The third-order valence-electron chi connectivity index (χ3n) is 4.97. The number of thiophene rings is 1. The Morgan fingerprint density at radius 2 is 1.88 bits per heavy atom. The summed E-state index contributed by atoms with van der Waals surface area (Å²) in [5, 5.41) is 0.798. The fourth-order valence-electron chi connectivity index (χ4n) is 3.70. The van der Waals surface area contributed by atoms with Crippen molar-refractivity contribution in [2.75, 3.05) is 6.79 Å². The van der Waals surface area contributed by atoms with Gasteiger partial charge in [0.25, 0.3) is 5.56 Å². The van der Waals surface area contributed by atoms with Crippen molar-refractivity contribution in [3.63, 3.8) is 0 Å². The molecule has 6 heteroatoms. The first-order valence-corrected chi connectivity index (χ1v) is 9.56. The second kappa shape index (κ2) is 5.88. The predicted octanol–water partition coefficient (Wildman–Crippen LogP) is 4.04. The Morgan fingerprint density at radius 3 is 2.80 bits per heavy atom. The van der Waals surface area contributed by atoms with Crippen LogP contribution in [0.2, 0.25) is 0 Å². The summed E-state index contributed by atoms with van der Waals surface area (Å²) in [7, 11) is 0. The molecule has 0 radical (unpaired) electrons. The molecule has 0 unspecified atom stereocenters. The summed E-state index contributed by atoms with van der Waals surface area (Å²) in [5.41, 5.74) is 2.03. The van der Waals surface area contributed by atoms with Crippen LogP contribution in [0.4, 0.5) is 0 Å². The van der Waals surface area contributed by atoms with Gasteiger partial charge in [0, 0.05) is 10.4 Å². The number of aromatic nitrogens is 2. The lowest BCUT2D eigenvalue weighted by molar-refractivity contribution is 0.174. The Balaban J connectivity index is 1.65. The van der Waals surface area contributed by atoms with Crippen LogP contribution in [0.25, 0.3) is 21.6 Å². The minimum absolute atomic E-state index is 0.0317. The fourth-order valence-corrected chi connectivity index (χ4v) is 4.96. The first-order valence-electron chi connectivity index (χ1n) is 8.74. The van der Waals surface area contributed by atoms with Gasteiger partial charge in [0.05, 0.1) is 5.39 Å². The molecule has 0 spiro atoms. The molecule has 5 nitrogen and oxygen atoms in total. The Hall–Kier alpha value is -2.34. The average molecular weight is 354 g/mol. The number of nitrogens with zero attached hydrogens (tertiary/aromatic N) is 1. The molecule has 1 N–H and O–H groups in total. The largest absolute Gasteiger partial charge is 0.454 e. The standard InChI is InChI=1S/C19H18N2O3S/c22-18-16-12-5-3-1-2-4-6-15(12)25-19(16)21-17(20-18)11-7-8-13-14(9-11)24-10-23-13/h7-9H,1-6,10H2,(H,20,21,22). The number of rotatable bonds is 1. The fraction of sp³-hybridized carbons (Fsp3) is 0.368. The van der Waals surface area contributed by atoms with E-state index >= 15 is 0 Å². The van der Waals surface area contributed by atoms with E-state index in [1.807, 2.05) is 18.2 Å². The van der Waals surface area contributed by atoms with Crippen LogP contribution in [0.3, 0.4) is 0 Å². The molecule has 128 valence electrons. The van der Waals surface area contributed by atoms with Gasteiger partial charge in [-0.2, -0.15) is 0 Å². The minimum Gasteiger partial charge on any atom is -0.454 e. The molecule has 2 aliphatic rings. The third kappa shape index (κ3) is 2.52. The topological polar surface area (TPSA) is 64.2 Å². The van der Waals surface area contributed by atoms with Crippen LogP contribution < -0.4 is 15.0 Å². The normalized spacial score (nSPS) is 16.5. The van der Waals surface area contributed by atoms with Crippen molar-refractivity contribution in [2.45, 2.75) is 38.5 Å². The third-order valence-corrected chi connectivity index (χ3v) is 6.16. The molecule has 0 saturated carbocycles. The summed E-state index contributed by atoms with van der Waals surface area (Å²) in [6.07, 6.45) is 6.94. The lowest BCUT2D eigenvalue weighted by Gasteiger charge is -2.08. The quantitative estimate of drug-likeness (QED) is 0.716. The molecule has 0 saturated heterocycles. The van der Waals surface area contributed by atoms with E-state index in [9.17, 15) is 4.79 Å². The van der Waals surface area contributed by atoms with Crippen molar-refractivity contribution in [3.05, 3.63) is 39.0 Å². The summed E-state index contributed by atoms with van der Waals surface area (Å²) in [4.78, 5) is 22.7. The predicted molar refractivity (Wildman–Crippen MR) is 97.7 cm³/mol.